The Morgan fingerprint density at radius 1 is 1.00 bits per heavy atom. The molecule has 13 heavy (non-hydrogen) atoms. The smallest absolute Gasteiger partial charge is 0.000460 e. The molecule has 80 valence electrons. The molecule has 0 amide bonds. The second-order valence-electron chi connectivity index (χ2n) is 4.19. The van der Waals surface area contributed by atoms with Crippen molar-refractivity contribution in [1.29, 1.82) is 0 Å². The molecule has 0 aliphatic rings. The van der Waals surface area contributed by atoms with Gasteiger partial charge in [-0.3, -0.25) is 0 Å². The highest BCUT2D eigenvalue weighted by molar-refractivity contribution is 4.78. The first-order valence-electron chi connectivity index (χ1n) is 5.89. The summed E-state index contributed by atoms with van der Waals surface area (Å²) >= 11 is 0. The average Bonchev–Trinajstić information content (AvgIpc) is 2.17. The summed E-state index contributed by atoms with van der Waals surface area (Å²) in [4.78, 5) is 0. The zero-order chi connectivity index (χ0) is 10.2. The Kier molecular flexibility index (Phi) is 7.35. The van der Waals surface area contributed by atoms with E-state index in [1.807, 2.05) is 0 Å². The molecule has 0 fully saturated rings. The minimum absolute atomic E-state index is 0.573. The third-order valence-corrected chi connectivity index (χ3v) is 3.36. The molecule has 1 N–H and O–H groups in total. The van der Waals surface area contributed by atoms with E-state index in [0.29, 0.717) is 5.41 Å². The summed E-state index contributed by atoms with van der Waals surface area (Å²) in [6.07, 6.45) is 8.16. The number of nitrogens with one attached hydrogen (secondary N) is 1. The van der Waals surface area contributed by atoms with Crippen LogP contribution >= 0.6 is 0 Å². The first kappa shape index (κ1) is 13.0. The summed E-state index contributed by atoms with van der Waals surface area (Å²) in [7, 11) is 2.07. The Bertz CT molecular complexity index is 106. The van der Waals surface area contributed by atoms with E-state index in [-0.39, 0.29) is 0 Å². The van der Waals surface area contributed by atoms with Crippen LogP contribution in [0.25, 0.3) is 0 Å². The van der Waals surface area contributed by atoms with Gasteiger partial charge in [-0.05, 0) is 31.7 Å². The van der Waals surface area contributed by atoms with E-state index >= 15 is 0 Å². The zero-order valence-corrected chi connectivity index (χ0v) is 9.95. The maximum absolute atomic E-state index is 3.34. The Morgan fingerprint density at radius 3 is 2.00 bits per heavy atom. The molecule has 0 saturated carbocycles. The normalized spacial score (nSPS) is 12.0. The van der Waals surface area contributed by atoms with Crippen molar-refractivity contribution in [2.24, 2.45) is 5.41 Å². The van der Waals surface area contributed by atoms with Crippen molar-refractivity contribution in [2.75, 3.05) is 13.6 Å². The number of unbranched alkanes of at least 4 members (excludes halogenated alkanes) is 2. The van der Waals surface area contributed by atoms with Gasteiger partial charge in [0.25, 0.3) is 0 Å². The van der Waals surface area contributed by atoms with Gasteiger partial charge in [0, 0.05) is 6.54 Å². The van der Waals surface area contributed by atoms with Crippen molar-refractivity contribution in [3.8, 4) is 0 Å². The van der Waals surface area contributed by atoms with Gasteiger partial charge in [0.2, 0.25) is 0 Å². The van der Waals surface area contributed by atoms with Crippen LogP contribution in [0.4, 0.5) is 0 Å². The Hall–Kier alpha value is -0.0400. The molecule has 0 aliphatic heterocycles. The fourth-order valence-electron chi connectivity index (χ4n) is 2.07. The van der Waals surface area contributed by atoms with Crippen molar-refractivity contribution in [3.63, 3.8) is 0 Å². The second-order valence-corrected chi connectivity index (χ2v) is 4.19. The van der Waals surface area contributed by atoms with Gasteiger partial charge >= 0.3 is 0 Å². The molecule has 0 aromatic heterocycles. The average molecular weight is 185 g/mol. The van der Waals surface area contributed by atoms with Gasteiger partial charge in [-0.2, -0.15) is 0 Å². The summed E-state index contributed by atoms with van der Waals surface area (Å²) < 4.78 is 0. The van der Waals surface area contributed by atoms with Crippen molar-refractivity contribution in [3.05, 3.63) is 0 Å². The lowest BCUT2D eigenvalue weighted by molar-refractivity contribution is 0.226. The molecular formula is C12H27N. The molecule has 0 bridgehead atoms. The quantitative estimate of drug-likeness (QED) is 0.570. The Balaban J connectivity index is 3.89. The van der Waals surface area contributed by atoms with E-state index in [1.54, 1.807) is 0 Å². The highest BCUT2D eigenvalue weighted by Crippen LogP contribution is 2.31. The molecule has 1 nitrogen and oxygen atoms in total. The third-order valence-electron chi connectivity index (χ3n) is 3.36. The summed E-state index contributed by atoms with van der Waals surface area (Å²) in [6, 6.07) is 0. The van der Waals surface area contributed by atoms with Crippen LogP contribution in [0, 0.1) is 5.41 Å². The van der Waals surface area contributed by atoms with Gasteiger partial charge in [-0.15, -0.1) is 0 Å². The van der Waals surface area contributed by atoms with Gasteiger partial charge in [0.05, 0.1) is 0 Å². The van der Waals surface area contributed by atoms with Crippen LogP contribution in [0.2, 0.25) is 0 Å². The molecule has 0 radical (unpaired) electrons. The van der Waals surface area contributed by atoms with Gasteiger partial charge < -0.3 is 5.32 Å². The maximum atomic E-state index is 3.34. The van der Waals surface area contributed by atoms with Gasteiger partial charge in [-0.25, -0.2) is 0 Å². The highest BCUT2D eigenvalue weighted by Gasteiger charge is 2.23. The van der Waals surface area contributed by atoms with E-state index in [1.165, 1.54) is 45.1 Å². The summed E-state index contributed by atoms with van der Waals surface area (Å²) in [5.74, 6) is 0. The largest absolute Gasteiger partial charge is 0.319 e. The van der Waals surface area contributed by atoms with Gasteiger partial charge in [-0.1, -0.05) is 40.0 Å². The van der Waals surface area contributed by atoms with Crippen molar-refractivity contribution < 1.29 is 0 Å². The molecule has 0 aliphatic carbocycles. The molecule has 1 heteroatoms. The number of hydrogen-bond acceptors (Lipinski definition) is 1. The van der Waals surface area contributed by atoms with Crippen LogP contribution in [0.3, 0.4) is 0 Å². The summed E-state index contributed by atoms with van der Waals surface area (Å²) in [5.41, 5.74) is 0.573. The predicted molar refractivity (Wildman–Crippen MR) is 61.1 cm³/mol. The first-order valence-corrected chi connectivity index (χ1v) is 5.89. The highest BCUT2D eigenvalue weighted by atomic mass is 14.8. The van der Waals surface area contributed by atoms with Crippen molar-refractivity contribution in [1.82, 2.24) is 5.32 Å². The molecule has 0 unspecified atom stereocenters. The lowest BCUT2D eigenvalue weighted by Crippen LogP contribution is -2.31. The standard InChI is InChI=1S/C12H27N/c1-5-8-9-10-12(6-2,7-3)11-13-4/h13H,5-11H2,1-4H3. The Morgan fingerprint density at radius 2 is 1.62 bits per heavy atom. The molecule has 0 heterocycles. The van der Waals surface area contributed by atoms with Crippen LogP contribution < -0.4 is 5.32 Å². The molecule has 0 spiro atoms. The summed E-state index contributed by atoms with van der Waals surface area (Å²) in [5, 5.41) is 3.34. The minimum Gasteiger partial charge on any atom is -0.319 e. The fourth-order valence-corrected chi connectivity index (χ4v) is 2.07. The van der Waals surface area contributed by atoms with Crippen LogP contribution in [0.15, 0.2) is 0 Å². The molecule has 0 aromatic carbocycles. The van der Waals surface area contributed by atoms with Crippen LogP contribution in [0.5, 0.6) is 0 Å². The Labute approximate surface area is 84.3 Å². The molecule has 0 saturated heterocycles. The number of hydrogen-bond donors (Lipinski definition) is 1. The SMILES string of the molecule is CCCCCC(CC)(CC)CNC. The molecule has 0 aromatic rings. The zero-order valence-electron chi connectivity index (χ0n) is 9.95. The molecular weight excluding hydrogens is 158 g/mol. The van der Waals surface area contributed by atoms with Crippen molar-refractivity contribution >= 4 is 0 Å². The minimum atomic E-state index is 0.573. The predicted octanol–water partition coefficient (Wildman–Crippen LogP) is 3.59. The van der Waals surface area contributed by atoms with E-state index in [9.17, 15) is 0 Å². The monoisotopic (exact) mass is 185 g/mol. The summed E-state index contributed by atoms with van der Waals surface area (Å²) in [6.45, 7) is 8.11. The van der Waals surface area contributed by atoms with Gasteiger partial charge in [0.1, 0.15) is 0 Å². The van der Waals surface area contributed by atoms with Crippen LogP contribution in [0.1, 0.15) is 59.3 Å². The molecule has 0 rings (SSSR count). The van der Waals surface area contributed by atoms with Crippen LogP contribution in [-0.2, 0) is 0 Å². The van der Waals surface area contributed by atoms with E-state index < -0.39 is 0 Å². The van der Waals surface area contributed by atoms with E-state index in [4.69, 9.17) is 0 Å². The third kappa shape index (κ3) is 4.66. The molecule has 0 atom stereocenters. The number of rotatable bonds is 8. The van der Waals surface area contributed by atoms with Crippen LogP contribution in [-0.4, -0.2) is 13.6 Å². The lowest BCUT2D eigenvalue weighted by atomic mass is 9.77. The second kappa shape index (κ2) is 7.37. The van der Waals surface area contributed by atoms with Gasteiger partial charge in [0.15, 0.2) is 0 Å². The lowest BCUT2D eigenvalue weighted by Gasteiger charge is -2.31. The van der Waals surface area contributed by atoms with E-state index in [0.717, 1.165) is 0 Å². The van der Waals surface area contributed by atoms with Crippen molar-refractivity contribution in [2.45, 2.75) is 59.3 Å². The topological polar surface area (TPSA) is 12.0 Å². The fraction of sp³-hybridized carbons (Fsp3) is 1.00. The van der Waals surface area contributed by atoms with E-state index in [2.05, 4.69) is 33.1 Å². The maximum Gasteiger partial charge on any atom is 0.000460 e. The first-order chi connectivity index (χ1) is 6.24.